The third kappa shape index (κ3) is 3.70. The Bertz CT molecular complexity index is 1000. The highest BCUT2D eigenvalue weighted by Crippen LogP contribution is 2.28. The minimum Gasteiger partial charge on any atom is -0.497 e. The molecule has 1 aliphatic rings. The molecule has 2 heterocycles. The maximum Gasteiger partial charge on any atom is 0.254 e. The third-order valence-electron chi connectivity index (χ3n) is 5.45. The zero-order valence-corrected chi connectivity index (χ0v) is 17.1. The minimum absolute atomic E-state index is 0.0528. The molecule has 0 unspecified atom stereocenters. The van der Waals surface area contributed by atoms with Crippen molar-refractivity contribution in [1.29, 1.82) is 0 Å². The lowest BCUT2D eigenvalue weighted by Gasteiger charge is -2.36. The van der Waals surface area contributed by atoms with Crippen LogP contribution in [0.4, 0.5) is 5.69 Å². The number of aromatic nitrogens is 2. The number of nitrogens with zero attached hydrogens (tertiary/aromatic N) is 4. The SMILES string of the molecule is COc1cccc(C(=O)N2CCN(c3c(C)nn(-c4ccccc4)c3C)CC2)c1. The smallest absolute Gasteiger partial charge is 0.254 e. The molecule has 1 aromatic heterocycles. The van der Waals surface area contributed by atoms with Gasteiger partial charge in [0.25, 0.3) is 5.91 Å². The topological polar surface area (TPSA) is 50.6 Å². The van der Waals surface area contributed by atoms with Crippen LogP contribution < -0.4 is 9.64 Å². The second kappa shape index (κ2) is 7.99. The summed E-state index contributed by atoms with van der Waals surface area (Å²) in [5, 5.41) is 4.76. The van der Waals surface area contributed by atoms with Crippen LogP contribution in [0.3, 0.4) is 0 Å². The lowest BCUT2D eigenvalue weighted by atomic mass is 10.1. The van der Waals surface area contributed by atoms with Crippen LogP contribution in [0.1, 0.15) is 21.7 Å². The minimum atomic E-state index is 0.0528. The number of methoxy groups -OCH3 is 1. The number of carbonyl (C=O) groups excluding carboxylic acids is 1. The van der Waals surface area contributed by atoms with E-state index in [0.717, 1.165) is 30.2 Å². The van der Waals surface area contributed by atoms with Crippen molar-refractivity contribution < 1.29 is 9.53 Å². The number of ether oxygens (including phenoxy) is 1. The van der Waals surface area contributed by atoms with Crippen molar-refractivity contribution in [2.75, 3.05) is 38.2 Å². The van der Waals surface area contributed by atoms with Crippen LogP contribution >= 0.6 is 0 Å². The quantitative estimate of drug-likeness (QED) is 0.685. The third-order valence-corrected chi connectivity index (χ3v) is 5.45. The summed E-state index contributed by atoms with van der Waals surface area (Å²) >= 11 is 0. The molecule has 0 N–H and O–H groups in total. The number of hydrogen-bond donors (Lipinski definition) is 0. The van der Waals surface area contributed by atoms with Crippen LogP contribution in [0.25, 0.3) is 5.69 Å². The molecule has 29 heavy (non-hydrogen) atoms. The standard InChI is InChI=1S/C23H26N4O2/c1-17-22(18(2)27(24-17)20-9-5-4-6-10-20)25-12-14-26(15-13-25)23(28)19-8-7-11-21(16-19)29-3/h4-11,16H,12-15H2,1-3H3. The maximum atomic E-state index is 12.9. The van der Waals surface area contributed by atoms with Gasteiger partial charge in [-0.25, -0.2) is 4.68 Å². The van der Waals surface area contributed by atoms with E-state index < -0.39 is 0 Å². The number of anilines is 1. The number of piperazine rings is 1. The van der Waals surface area contributed by atoms with Gasteiger partial charge in [-0.1, -0.05) is 24.3 Å². The highest BCUT2D eigenvalue weighted by molar-refractivity contribution is 5.94. The van der Waals surface area contributed by atoms with Gasteiger partial charge in [0, 0.05) is 31.7 Å². The molecule has 150 valence electrons. The van der Waals surface area contributed by atoms with Crippen molar-refractivity contribution in [3.05, 3.63) is 71.5 Å². The fourth-order valence-corrected chi connectivity index (χ4v) is 3.98. The fourth-order valence-electron chi connectivity index (χ4n) is 3.98. The van der Waals surface area contributed by atoms with E-state index >= 15 is 0 Å². The first-order valence-electron chi connectivity index (χ1n) is 9.88. The molecule has 6 heteroatoms. The van der Waals surface area contributed by atoms with Gasteiger partial charge in [0.2, 0.25) is 0 Å². The number of hydrogen-bond acceptors (Lipinski definition) is 4. The van der Waals surface area contributed by atoms with Gasteiger partial charge < -0.3 is 14.5 Å². The Balaban J connectivity index is 1.49. The lowest BCUT2D eigenvalue weighted by molar-refractivity contribution is 0.0746. The predicted octanol–water partition coefficient (Wildman–Crippen LogP) is 3.46. The van der Waals surface area contributed by atoms with Crippen LogP contribution in [-0.4, -0.2) is 53.9 Å². The van der Waals surface area contributed by atoms with E-state index in [9.17, 15) is 4.79 Å². The molecule has 4 rings (SSSR count). The van der Waals surface area contributed by atoms with Crippen molar-refractivity contribution in [3.8, 4) is 11.4 Å². The molecule has 0 radical (unpaired) electrons. The normalized spacial score (nSPS) is 14.2. The monoisotopic (exact) mass is 390 g/mol. The van der Waals surface area contributed by atoms with E-state index in [2.05, 4.69) is 30.9 Å². The van der Waals surface area contributed by atoms with E-state index in [0.29, 0.717) is 24.4 Å². The molecule has 6 nitrogen and oxygen atoms in total. The Kier molecular flexibility index (Phi) is 5.25. The van der Waals surface area contributed by atoms with Crippen LogP contribution in [0.2, 0.25) is 0 Å². The highest BCUT2D eigenvalue weighted by Gasteiger charge is 2.26. The molecule has 0 atom stereocenters. The molecule has 3 aromatic rings. The van der Waals surface area contributed by atoms with Gasteiger partial charge in [-0.2, -0.15) is 5.10 Å². The Morgan fingerprint density at radius 2 is 1.69 bits per heavy atom. The molecule has 1 aliphatic heterocycles. The second-order valence-electron chi connectivity index (χ2n) is 7.28. The summed E-state index contributed by atoms with van der Waals surface area (Å²) in [5.74, 6) is 0.756. The average molecular weight is 390 g/mol. The van der Waals surface area contributed by atoms with Crippen LogP contribution in [0.15, 0.2) is 54.6 Å². The first-order valence-corrected chi connectivity index (χ1v) is 9.88. The summed E-state index contributed by atoms with van der Waals surface area (Å²) in [6.45, 7) is 7.11. The van der Waals surface area contributed by atoms with Gasteiger partial charge in [-0.3, -0.25) is 4.79 Å². The number of para-hydroxylation sites is 1. The Morgan fingerprint density at radius 1 is 0.966 bits per heavy atom. The van der Waals surface area contributed by atoms with Gasteiger partial charge >= 0.3 is 0 Å². The summed E-state index contributed by atoms with van der Waals surface area (Å²) in [5.41, 5.74) is 5.04. The molecule has 0 spiro atoms. The fraction of sp³-hybridized carbons (Fsp3) is 0.304. The molecule has 1 fully saturated rings. The van der Waals surface area contributed by atoms with Crippen LogP contribution in [-0.2, 0) is 0 Å². The van der Waals surface area contributed by atoms with E-state index in [4.69, 9.17) is 9.84 Å². The maximum absolute atomic E-state index is 12.9. The molecule has 0 bridgehead atoms. The number of aryl methyl sites for hydroxylation is 1. The second-order valence-corrected chi connectivity index (χ2v) is 7.28. The van der Waals surface area contributed by atoms with Crippen molar-refractivity contribution in [2.45, 2.75) is 13.8 Å². The molecule has 1 amide bonds. The van der Waals surface area contributed by atoms with Gasteiger partial charge in [0.05, 0.1) is 29.9 Å². The average Bonchev–Trinajstić information content (AvgIpc) is 3.08. The molecular formula is C23H26N4O2. The number of benzene rings is 2. The zero-order valence-electron chi connectivity index (χ0n) is 17.1. The van der Waals surface area contributed by atoms with Crippen molar-refractivity contribution in [3.63, 3.8) is 0 Å². The first kappa shape index (κ1) is 19.1. The summed E-state index contributed by atoms with van der Waals surface area (Å²) in [6, 6.07) is 17.5. The van der Waals surface area contributed by atoms with E-state index in [1.54, 1.807) is 13.2 Å². The Labute approximate surface area is 171 Å². The van der Waals surface area contributed by atoms with Gasteiger partial charge in [-0.05, 0) is 44.2 Å². The number of rotatable bonds is 4. The number of amides is 1. The van der Waals surface area contributed by atoms with Gasteiger partial charge in [-0.15, -0.1) is 0 Å². The molecule has 1 saturated heterocycles. The summed E-state index contributed by atoms with van der Waals surface area (Å²) < 4.78 is 7.24. The molecule has 0 saturated carbocycles. The molecule has 0 aliphatic carbocycles. The van der Waals surface area contributed by atoms with Crippen molar-refractivity contribution >= 4 is 11.6 Å². The highest BCUT2D eigenvalue weighted by atomic mass is 16.5. The summed E-state index contributed by atoms with van der Waals surface area (Å²) in [7, 11) is 1.61. The van der Waals surface area contributed by atoms with Crippen LogP contribution in [0.5, 0.6) is 5.75 Å². The predicted molar refractivity (Wildman–Crippen MR) is 114 cm³/mol. The first-order chi connectivity index (χ1) is 14.1. The molecular weight excluding hydrogens is 364 g/mol. The van der Waals surface area contributed by atoms with Gasteiger partial charge in [0.1, 0.15) is 5.75 Å². The van der Waals surface area contributed by atoms with Crippen molar-refractivity contribution in [2.24, 2.45) is 0 Å². The molecule has 2 aromatic carbocycles. The van der Waals surface area contributed by atoms with Crippen LogP contribution in [0, 0.1) is 13.8 Å². The largest absolute Gasteiger partial charge is 0.497 e. The van der Waals surface area contributed by atoms with E-state index in [1.807, 2.05) is 46.0 Å². The Morgan fingerprint density at radius 3 is 2.38 bits per heavy atom. The van der Waals surface area contributed by atoms with E-state index in [1.165, 1.54) is 5.69 Å². The van der Waals surface area contributed by atoms with Crippen molar-refractivity contribution in [1.82, 2.24) is 14.7 Å². The number of carbonyl (C=O) groups is 1. The lowest BCUT2D eigenvalue weighted by Crippen LogP contribution is -2.49. The van der Waals surface area contributed by atoms with Gasteiger partial charge in [0.15, 0.2) is 0 Å². The Hall–Kier alpha value is -3.28. The zero-order chi connectivity index (χ0) is 20.4. The summed E-state index contributed by atoms with van der Waals surface area (Å²) in [6.07, 6.45) is 0. The van der Waals surface area contributed by atoms with E-state index in [-0.39, 0.29) is 5.91 Å². The summed E-state index contributed by atoms with van der Waals surface area (Å²) in [4.78, 5) is 17.1.